The number of nitrogens with zero attached hydrogens (tertiary/aromatic N) is 3. The fraction of sp³-hybridized carbons (Fsp3) is 0.414. The first-order valence-corrected chi connectivity index (χ1v) is 13.4. The Morgan fingerprint density at radius 1 is 1.00 bits per heavy atom. The molecule has 44 heavy (non-hydrogen) atoms. The molecule has 1 N–H and O–H groups in total. The minimum Gasteiger partial charge on any atom is -0.444 e. The van der Waals surface area contributed by atoms with E-state index in [1.165, 1.54) is 32.9 Å². The second-order valence-corrected chi connectivity index (χ2v) is 10.9. The van der Waals surface area contributed by atoms with Gasteiger partial charge in [-0.1, -0.05) is 42.5 Å². The molecule has 0 spiro atoms. The van der Waals surface area contributed by atoms with E-state index >= 15 is 0 Å². The average molecular weight is 627 g/mol. The summed E-state index contributed by atoms with van der Waals surface area (Å²) in [5.74, 6) is -2.84. The number of carbonyl (C=O) groups excluding carboxylic acids is 2. The molecule has 3 heterocycles. The number of rotatable bonds is 4. The van der Waals surface area contributed by atoms with Gasteiger partial charge in [0.05, 0.1) is 17.9 Å². The number of aromatic nitrogens is 3. The largest absolute Gasteiger partial charge is 0.444 e. The third kappa shape index (κ3) is 7.44. The van der Waals surface area contributed by atoms with Gasteiger partial charge in [-0.2, -0.15) is 26.3 Å². The third-order valence-electron chi connectivity index (χ3n) is 6.35. The highest BCUT2D eigenvalue weighted by Crippen LogP contribution is 2.47. The fourth-order valence-electron chi connectivity index (χ4n) is 4.32. The van der Waals surface area contributed by atoms with Crippen molar-refractivity contribution in [2.75, 3.05) is 5.32 Å². The third-order valence-corrected chi connectivity index (χ3v) is 6.35. The topological polar surface area (TPSA) is 116 Å². The summed E-state index contributed by atoms with van der Waals surface area (Å²) in [4.78, 5) is 29.3. The molecule has 2 aromatic heterocycles. The van der Waals surface area contributed by atoms with Crippen molar-refractivity contribution in [1.82, 2.24) is 15.2 Å². The first-order valence-electron chi connectivity index (χ1n) is 13.4. The minimum atomic E-state index is -5.10. The van der Waals surface area contributed by atoms with E-state index in [-0.39, 0.29) is 12.8 Å². The van der Waals surface area contributed by atoms with Crippen molar-refractivity contribution in [2.24, 2.45) is 0 Å². The van der Waals surface area contributed by atoms with E-state index < -0.39 is 89.3 Å². The van der Waals surface area contributed by atoms with Crippen molar-refractivity contribution in [3.8, 4) is 11.6 Å². The van der Waals surface area contributed by atoms with Crippen LogP contribution in [0.4, 0.5) is 36.8 Å². The van der Waals surface area contributed by atoms with Gasteiger partial charge in [0.1, 0.15) is 11.3 Å². The van der Waals surface area contributed by atoms with Gasteiger partial charge in [0.2, 0.25) is 5.60 Å². The van der Waals surface area contributed by atoms with Crippen molar-refractivity contribution < 1.29 is 49.8 Å². The summed E-state index contributed by atoms with van der Waals surface area (Å²) in [7, 11) is 0. The number of ketones is 1. The van der Waals surface area contributed by atoms with Crippen molar-refractivity contribution in [3.63, 3.8) is 0 Å². The zero-order valence-electron chi connectivity index (χ0n) is 23.8. The van der Waals surface area contributed by atoms with Gasteiger partial charge in [0, 0.05) is 6.42 Å². The van der Waals surface area contributed by atoms with Crippen molar-refractivity contribution in [2.45, 2.75) is 76.6 Å². The van der Waals surface area contributed by atoms with Gasteiger partial charge >= 0.3 is 18.4 Å². The number of allylic oxidation sites excluding steroid dienone is 2. The number of anilines is 1. The summed E-state index contributed by atoms with van der Waals surface area (Å²) >= 11 is 0. The van der Waals surface area contributed by atoms with Crippen LogP contribution < -0.4 is 5.32 Å². The Balaban J connectivity index is 1.92. The van der Waals surface area contributed by atoms with Crippen molar-refractivity contribution in [3.05, 3.63) is 71.3 Å². The lowest BCUT2D eigenvalue weighted by Crippen LogP contribution is -2.45. The van der Waals surface area contributed by atoms with Crippen LogP contribution in [0.5, 0.6) is 0 Å². The minimum absolute atomic E-state index is 0.0761. The Kier molecular flexibility index (Phi) is 9.18. The molecule has 1 atom stereocenters. The monoisotopic (exact) mass is 626 g/mol. The van der Waals surface area contributed by atoms with Crippen molar-refractivity contribution >= 4 is 17.6 Å². The van der Waals surface area contributed by atoms with E-state index in [0.29, 0.717) is 11.6 Å². The number of ether oxygens (including phenoxy) is 2. The highest BCUT2D eigenvalue weighted by atomic mass is 19.4. The zero-order valence-corrected chi connectivity index (χ0v) is 23.8. The molecular formula is C29H28F6N4O5. The number of hydrogen-bond donors (Lipinski definition) is 1. The molecule has 0 saturated carbocycles. The van der Waals surface area contributed by atoms with Gasteiger partial charge in [0.25, 0.3) is 11.8 Å². The van der Waals surface area contributed by atoms with Gasteiger partial charge in [-0.15, -0.1) is 10.2 Å². The smallest absolute Gasteiger partial charge is 0.426 e. The van der Waals surface area contributed by atoms with E-state index in [1.54, 1.807) is 30.3 Å². The highest BCUT2D eigenvalue weighted by molar-refractivity contribution is 5.98. The van der Waals surface area contributed by atoms with Crippen LogP contribution in [0.1, 0.15) is 74.0 Å². The van der Waals surface area contributed by atoms with Crippen LogP contribution in [-0.2, 0) is 27.9 Å². The van der Waals surface area contributed by atoms with Crippen molar-refractivity contribution in [1.29, 1.82) is 0 Å². The zero-order chi connectivity index (χ0) is 32.3. The molecule has 1 amide bonds. The molecule has 15 heteroatoms. The number of Topliss-reactive ketones (excluding diaryl/α,β-unsaturated/α-hetero) is 1. The molecule has 1 aliphatic heterocycles. The van der Waals surface area contributed by atoms with E-state index in [2.05, 4.69) is 20.5 Å². The summed E-state index contributed by atoms with van der Waals surface area (Å²) in [5, 5.41) is 9.34. The Labute approximate surface area is 247 Å². The molecule has 236 valence electrons. The Morgan fingerprint density at radius 3 is 2.32 bits per heavy atom. The maximum Gasteiger partial charge on any atom is 0.426 e. The summed E-state index contributed by atoms with van der Waals surface area (Å²) in [6.07, 6.45) is -10.1. The summed E-state index contributed by atoms with van der Waals surface area (Å²) in [5.41, 5.74) is -7.65. The second kappa shape index (κ2) is 12.4. The van der Waals surface area contributed by atoms with Gasteiger partial charge < -0.3 is 13.9 Å². The first-order chi connectivity index (χ1) is 20.5. The lowest BCUT2D eigenvalue weighted by molar-refractivity contribution is -0.299. The molecule has 0 unspecified atom stereocenters. The molecule has 0 radical (unpaired) electrons. The predicted molar refractivity (Wildman–Crippen MR) is 143 cm³/mol. The van der Waals surface area contributed by atoms with E-state index in [9.17, 15) is 35.9 Å². The number of pyridine rings is 1. The van der Waals surface area contributed by atoms with Crippen LogP contribution in [0.3, 0.4) is 0 Å². The quantitative estimate of drug-likeness (QED) is 0.231. The molecule has 4 bridgehead atoms. The normalized spacial score (nSPS) is 18.1. The fourth-order valence-corrected chi connectivity index (χ4v) is 4.32. The average Bonchev–Trinajstić information content (AvgIpc) is 3.40. The summed E-state index contributed by atoms with van der Waals surface area (Å²) in [6, 6.07) is 8.46. The number of amides is 1. The predicted octanol–water partition coefficient (Wildman–Crippen LogP) is 7.78. The van der Waals surface area contributed by atoms with Gasteiger partial charge in [-0.05, 0) is 51.7 Å². The van der Waals surface area contributed by atoms with Crippen LogP contribution in [0.2, 0.25) is 0 Å². The number of hydrogen-bond acceptors (Lipinski definition) is 8. The van der Waals surface area contributed by atoms with Gasteiger partial charge in [-0.3, -0.25) is 10.1 Å². The number of carbonyl (C=O) groups is 2. The molecule has 0 saturated heterocycles. The second-order valence-electron chi connectivity index (χ2n) is 10.9. The highest BCUT2D eigenvalue weighted by Gasteiger charge is 2.61. The van der Waals surface area contributed by atoms with E-state index in [1.807, 2.05) is 0 Å². The van der Waals surface area contributed by atoms with Gasteiger partial charge in [-0.25, -0.2) is 9.78 Å². The van der Waals surface area contributed by atoms with E-state index in [0.717, 1.165) is 0 Å². The Morgan fingerprint density at radius 2 is 1.68 bits per heavy atom. The molecule has 9 nitrogen and oxygen atoms in total. The first kappa shape index (κ1) is 32.6. The van der Waals surface area contributed by atoms with Crippen LogP contribution in [-0.4, -0.2) is 38.8 Å². The van der Waals surface area contributed by atoms with Crippen LogP contribution >= 0.6 is 0 Å². The number of fused-ring (bicyclic) bond motifs is 5. The number of nitrogens with one attached hydrogen (secondary N) is 1. The van der Waals surface area contributed by atoms with Crippen LogP contribution in [0.25, 0.3) is 11.6 Å². The Bertz CT molecular complexity index is 1530. The SMILES string of the molecule is CC(C)(C)OC(=O)Nc1cc(C(F)(F)F)c2nc1-c1nnc(o1)[C@@](OCc1ccccc1)(C(F)(F)F)CCC=CCCC2=O. The molecule has 0 fully saturated rings. The van der Waals surface area contributed by atoms with E-state index in [4.69, 9.17) is 13.9 Å². The summed E-state index contributed by atoms with van der Waals surface area (Å²) in [6.45, 7) is 4.02. The maximum absolute atomic E-state index is 14.9. The molecular weight excluding hydrogens is 598 g/mol. The number of halogens is 6. The summed E-state index contributed by atoms with van der Waals surface area (Å²) < 4.78 is 103. The molecule has 1 aromatic carbocycles. The maximum atomic E-state index is 14.9. The molecule has 0 aliphatic carbocycles. The number of benzene rings is 1. The Hall–Kier alpha value is -4.27. The lowest BCUT2D eigenvalue weighted by Gasteiger charge is -2.32. The number of alkyl halides is 6. The van der Waals surface area contributed by atoms with Crippen LogP contribution in [0.15, 0.2) is 53.0 Å². The lowest BCUT2D eigenvalue weighted by atomic mass is 9.95. The molecule has 4 rings (SSSR count). The standard InChI is InChI=1S/C29H28F6N4O5/c1-26(2,3)44-25(41)36-19-15-18(28(30,31)32)21-20(40)13-9-4-5-10-14-27(29(33,34)35,42-16-17-11-7-6-8-12-17)24-39-38-23(43-24)22(19)37-21/h4-8,11-12,15H,9-10,13-14,16H2,1-3H3,(H,36,41)/t27-/m1/s1. The molecule has 1 aliphatic rings. The molecule has 3 aromatic rings. The van der Waals surface area contributed by atoms with Gasteiger partial charge in [0.15, 0.2) is 11.5 Å². The van der Waals surface area contributed by atoms with Crippen LogP contribution in [0, 0.1) is 0 Å².